The van der Waals surface area contributed by atoms with E-state index in [-0.39, 0.29) is 6.04 Å². The zero-order chi connectivity index (χ0) is 13.7. The zero-order valence-electron chi connectivity index (χ0n) is 11.0. The highest BCUT2D eigenvalue weighted by Crippen LogP contribution is 2.34. The number of piperazine rings is 1. The minimum atomic E-state index is 0.0968. The maximum absolute atomic E-state index is 9.12. The van der Waals surface area contributed by atoms with Crippen molar-refractivity contribution in [2.45, 2.75) is 12.5 Å². The quantitative estimate of drug-likeness (QED) is 0.923. The van der Waals surface area contributed by atoms with Crippen molar-refractivity contribution in [3.05, 3.63) is 28.2 Å². The minimum Gasteiger partial charge on any atom is -0.496 e. The van der Waals surface area contributed by atoms with Crippen LogP contribution in [0.4, 0.5) is 0 Å². The summed E-state index contributed by atoms with van der Waals surface area (Å²) in [7, 11) is 1.67. The highest BCUT2D eigenvalue weighted by Gasteiger charge is 2.24. The molecular formula is C14H18BrN3O. The van der Waals surface area contributed by atoms with Gasteiger partial charge in [0.15, 0.2) is 0 Å². The zero-order valence-corrected chi connectivity index (χ0v) is 12.6. The Morgan fingerprint density at radius 1 is 1.47 bits per heavy atom. The van der Waals surface area contributed by atoms with Crippen LogP contribution >= 0.6 is 15.9 Å². The number of nitrogens with one attached hydrogen (secondary N) is 1. The largest absolute Gasteiger partial charge is 0.496 e. The van der Waals surface area contributed by atoms with Gasteiger partial charge in [-0.25, -0.2) is 0 Å². The molecule has 19 heavy (non-hydrogen) atoms. The predicted octanol–water partition coefficient (Wildman–Crippen LogP) is 2.32. The summed E-state index contributed by atoms with van der Waals surface area (Å²) in [6.45, 7) is 3.86. The molecule has 1 aromatic carbocycles. The molecule has 102 valence electrons. The van der Waals surface area contributed by atoms with E-state index in [9.17, 15) is 0 Å². The lowest BCUT2D eigenvalue weighted by Crippen LogP contribution is -2.45. The summed E-state index contributed by atoms with van der Waals surface area (Å²) >= 11 is 3.50. The number of halogens is 1. The van der Waals surface area contributed by atoms with Crippen LogP contribution in [0.15, 0.2) is 22.7 Å². The first-order valence-corrected chi connectivity index (χ1v) is 7.20. The number of rotatable bonds is 4. The number of ether oxygens (including phenoxy) is 1. The molecule has 1 heterocycles. The molecule has 0 spiro atoms. The molecule has 0 aliphatic carbocycles. The predicted molar refractivity (Wildman–Crippen MR) is 78.1 cm³/mol. The molecule has 2 rings (SSSR count). The summed E-state index contributed by atoms with van der Waals surface area (Å²) in [6.07, 6.45) is 0.479. The van der Waals surface area contributed by atoms with Crippen molar-refractivity contribution in [1.29, 1.82) is 5.26 Å². The Hall–Kier alpha value is -1.09. The Bertz CT molecular complexity index is 466. The maximum Gasteiger partial charge on any atom is 0.123 e. The molecule has 0 radical (unpaired) electrons. The van der Waals surface area contributed by atoms with Gasteiger partial charge in [-0.2, -0.15) is 5.26 Å². The van der Waals surface area contributed by atoms with Crippen molar-refractivity contribution in [2.24, 2.45) is 0 Å². The molecule has 1 N–H and O–H groups in total. The summed E-state index contributed by atoms with van der Waals surface area (Å²) in [5.74, 6) is 0.849. The van der Waals surface area contributed by atoms with Crippen molar-refractivity contribution in [3.8, 4) is 11.8 Å². The van der Waals surface area contributed by atoms with E-state index in [1.807, 2.05) is 12.1 Å². The van der Waals surface area contributed by atoms with Crippen LogP contribution in [0.25, 0.3) is 0 Å². The Morgan fingerprint density at radius 2 is 2.21 bits per heavy atom. The van der Waals surface area contributed by atoms with E-state index in [4.69, 9.17) is 10.00 Å². The second kappa shape index (κ2) is 6.90. The van der Waals surface area contributed by atoms with Gasteiger partial charge in [0.1, 0.15) is 5.75 Å². The van der Waals surface area contributed by atoms with Crippen molar-refractivity contribution in [2.75, 3.05) is 33.3 Å². The topological polar surface area (TPSA) is 48.3 Å². The number of methoxy groups -OCH3 is 1. The van der Waals surface area contributed by atoms with Gasteiger partial charge in [-0.1, -0.05) is 15.9 Å². The summed E-state index contributed by atoms with van der Waals surface area (Å²) in [5.41, 5.74) is 1.08. The minimum absolute atomic E-state index is 0.0968. The van der Waals surface area contributed by atoms with Gasteiger partial charge in [0.05, 0.1) is 25.6 Å². The van der Waals surface area contributed by atoms with Crippen LogP contribution in [0, 0.1) is 11.3 Å². The monoisotopic (exact) mass is 323 g/mol. The summed E-state index contributed by atoms with van der Waals surface area (Å²) in [6, 6.07) is 8.37. The van der Waals surface area contributed by atoms with Gasteiger partial charge in [-0.3, -0.25) is 4.90 Å². The fourth-order valence-electron chi connectivity index (χ4n) is 2.48. The van der Waals surface area contributed by atoms with Gasteiger partial charge in [0.25, 0.3) is 0 Å². The van der Waals surface area contributed by atoms with Gasteiger partial charge >= 0.3 is 0 Å². The van der Waals surface area contributed by atoms with Crippen LogP contribution in [0.5, 0.6) is 5.75 Å². The average molecular weight is 324 g/mol. The van der Waals surface area contributed by atoms with Crippen LogP contribution in [0.1, 0.15) is 18.0 Å². The third-order valence-corrected chi connectivity index (χ3v) is 3.92. The maximum atomic E-state index is 9.12. The summed E-state index contributed by atoms with van der Waals surface area (Å²) in [5, 5.41) is 12.5. The fraction of sp³-hybridized carbons (Fsp3) is 0.500. The van der Waals surface area contributed by atoms with E-state index >= 15 is 0 Å². The molecule has 1 atom stereocenters. The number of benzene rings is 1. The van der Waals surface area contributed by atoms with Gasteiger partial charge < -0.3 is 10.1 Å². The third-order valence-electron chi connectivity index (χ3n) is 3.43. The van der Waals surface area contributed by atoms with E-state index in [0.29, 0.717) is 6.42 Å². The summed E-state index contributed by atoms with van der Waals surface area (Å²) < 4.78 is 6.46. The molecule has 4 nitrogen and oxygen atoms in total. The lowest BCUT2D eigenvalue weighted by molar-refractivity contribution is 0.172. The van der Waals surface area contributed by atoms with E-state index in [0.717, 1.165) is 42.0 Å². The molecule has 1 saturated heterocycles. The van der Waals surface area contributed by atoms with E-state index in [2.05, 4.69) is 38.3 Å². The van der Waals surface area contributed by atoms with Gasteiger partial charge in [-0.15, -0.1) is 0 Å². The lowest BCUT2D eigenvalue weighted by atomic mass is 10.0. The molecule has 0 saturated carbocycles. The lowest BCUT2D eigenvalue weighted by Gasteiger charge is -2.34. The van der Waals surface area contributed by atoms with Crippen LogP contribution in [-0.4, -0.2) is 38.2 Å². The smallest absolute Gasteiger partial charge is 0.123 e. The normalized spacial score (nSPS) is 17.7. The number of hydrogen-bond acceptors (Lipinski definition) is 4. The second-order valence-corrected chi connectivity index (χ2v) is 5.47. The second-order valence-electron chi connectivity index (χ2n) is 4.55. The third kappa shape index (κ3) is 3.47. The van der Waals surface area contributed by atoms with Gasteiger partial charge in [0.2, 0.25) is 0 Å². The molecule has 5 heteroatoms. The Kier molecular flexibility index (Phi) is 5.20. The standard InChI is InChI=1S/C14H18BrN3O/c1-19-14-3-2-11(15)10-12(14)13(4-5-16)18-8-6-17-7-9-18/h2-3,10,13,17H,4,6-9H2,1H3/t13-/m0/s1. The molecule has 0 unspecified atom stereocenters. The Labute approximate surface area is 122 Å². The fourth-order valence-corrected chi connectivity index (χ4v) is 2.86. The van der Waals surface area contributed by atoms with Crippen LogP contribution in [0.3, 0.4) is 0 Å². The van der Waals surface area contributed by atoms with Crippen molar-refractivity contribution >= 4 is 15.9 Å². The van der Waals surface area contributed by atoms with Gasteiger partial charge in [-0.05, 0) is 18.2 Å². The molecule has 1 aliphatic heterocycles. The van der Waals surface area contributed by atoms with Crippen molar-refractivity contribution < 1.29 is 4.74 Å². The molecule has 0 aromatic heterocycles. The summed E-state index contributed by atoms with van der Waals surface area (Å²) in [4.78, 5) is 2.35. The van der Waals surface area contributed by atoms with Crippen LogP contribution in [-0.2, 0) is 0 Å². The first-order chi connectivity index (χ1) is 9.26. The number of nitrogens with zero attached hydrogens (tertiary/aromatic N) is 2. The van der Waals surface area contributed by atoms with E-state index in [1.54, 1.807) is 7.11 Å². The molecule has 0 bridgehead atoms. The Morgan fingerprint density at radius 3 is 2.84 bits per heavy atom. The molecular weight excluding hydrogens is 306 g/mol. The molecule has 0 amide bonds. The average Bonchev–Trinajstić information content (AvgIpc) is 2.45. The molecule has 1 fully saturated rings. The highest BCUT2D eigenvalue weighted by molar-refractivity contribution is 9.10. The van der Waals surface area contributed by atoms with Crippen molar-refractivity contribution in [1.82, 2.24) is 10.2 Å². The van der Waals surface area contributed by atoms with Gasteiger partial charge in [0, 0.05) is 36.2 Å². The van der Waals surface area contributed by atoms with Crippen LogP contribution in [0.2, 0.25) is 0 Å². The van der Waals surface area contributed by atoms with Crippen molar-refractivity contribution in [3.63, 3.8) is 0 Å². The number of nitriles is 1. The van der Waals surface area contributed by atoms with E-state index in [1.165, 1.54) is 0 Å². The van der Waals surface area contributed by atoms with E-state index < -0.39 is 0 Å². The molecule has 1 aromatic rings. The number of hydrogen-bond donors (Lipinski definition) is 1. The Balaban J connectivity index is 2.32. The highest BCUT2D eigenvalue weighted by atomic mass is 79.9. The first kappa shape index (κ1) is 14.3. The first-order valence-electron chi connectivity index (χ1n) is 6.41. The molecule has 1 aliphatic rings. The van der Waals surface area contributed by atoms with Crippen LogP contribution < -0.4 is 10.1 Å². The SMILES string of the molecule is COc1ccc(Br)cc1[C@H](CC#N)N1CCNCC1.